The summed E-state index contributed by atoms with van der Waals surface area (Å²) in [6, 6.07) is 12.6. The summed E-state index contributed by atoms with van der Waals surface area (Å²) in [7, 11) is -1.96. The summed E-state index contributed by atoms with van der Waals surface area (Å²) in [6.07, 6.45) is 0. The highest BCUT2D eigenvalue weighted by molar-refractivity contribution is 7.89. The molecule has 0 spiro atoms. The first kappa shape index (κ1) is 15.5. The second-order valence-electron chi connectivity index (χ2n) is 4.91. The highest BCUT2D eigenvalue weighted by Gasteiger charge is 2.16. The molecule has 0 bridgehead atoms. The maximum atomic E-state index is 12.4. The Kier molecular flexibility index (Phi) is 4.65. The van der Waals surface area contributed by atoms with Gasteiger partial charge in [0.05, 0.1) is 12.0 Å². The Morgan fingerprint density at radius 1 is 1.10 bits per heavy atom. The lowest BCUT2D eigenvalue weighted by Gasteiger charge is -2.12. The molecule has 2 aromatic rings. The van der Waals surface area contributed by atoms with Crippen LogP contribution in [0.15, 0.2) is 47.4 Å². The predicted molar refractivity (Wildman–Crippen MR) is 82.9 cm³/mol. The van der Waals surface area contributed by atoms with Gasteiger partial charge in [-0.15, -0.1) is 0 Å². The molecule has 4 nitrogen and oxygen atoms in total. The highest BCUT2D eigenvalue weighted by atomic mass is 32.2. The summed E-state index contributed by atoms with van der Waals surface area (Å²) in [5, 5.41) is 0. The predicted octanol–water partition coefficient (Wildman–Crippen LogP) is 2.79. The number of aryl methyl sites for hydroxylation is 2. The molecule has 0 aromatic heterocycles. The summed E-state index contributed by atoms with van der Waals surface area (Å²) in [5.74, 6) is 0.674. The van der Waals surface area contributed by atoms with Crippen molar-refractivity contribution < 1.29 is 13.2 Å². The topological polar surface area (TPSA) is 55.4 Å². The lowest BCUT2D eigenvalue weighted by Crippen LogP contribution is -2.24. The molecule has 0 aliphatic carbocycles. The number of sulfonamides is 1. The molecule has 0 unspecified atom stereocenters. The van der Waals surface area contributed by atoms with Crippen molar-refractivity contribution in [3.8, 4) is 5.75 Å². The van der Waals surface area contributed by atoms with Crippen LogP contribution < -0.4 is 9.46 Å². The van der Waals surface area contributed by atoms with E-state index >= 15 is 0 Å². The third kappa shape index (κ3) is 3.62. The van der Waals surface area contributed by atoms with E-state index in [-0.39, 0.29) is 6.54 Å². The van der Waals surface area contributed by atoms with E-state index in [1.807, 2.05) is 31.2 Å². The number of methoxy groups -OCH3 is 1. The number of hydrogen-bond donors (Lipinski definition) is 1. The van der Waals surface area contributed by atoms with Crippen LogP contribution >= 0.6 is 0 Å². The molecule has 2 rings (SSSR count). The van der Waals surface area contributed by atoms with E-state index in [9.17, 15) is 8.42 Å². The maximum absolute atomic E-state index is 12.4. The van der Waals surface area contributed by atoms with Gasteiger partial charge in [0, 0.05) is 12.1 Å². The molecule has 0 aliphatic heterocycles. The molecule has 21 heavy (non-hydrogen) atoms. The summed E-state index contributed by atoms with van der Waals surface area (Å²) >= 11 is 0. The standard InChI is InChI=1S/C16H19NO3S/c1-12-8-9-15(20-3)14(10-12)11-17-21(18,19)16-7-5-4-6-13(16)2/h4-10,17H,11H2,1-3H3. The van der Waals surface area contributed by atoms with Crippen LogP contribution in [0.25, 0.3) is 0 Å². The third-order valence-corrected chi connectivity index (χ3v) is 4.83. The van der Waals surface area contributed by atoms with Crippen molar-refractivity contribution in [3.05, 3.63) is 59.2 Å². The molecule has 0 fully saturated rings. The number of rotatable bonds is 5. The van der Waals surface area contributed by atoms with Gasteiger partial charge in [0.25, 0.3) is 0 Å². The second kappa shape index (κ2) is 6.28. The summed E-state index contributed by atoms with van der Waals surface area (Å²) in [5.41, 5.74) is 2.59. The van der Waals surface area contributed by atoms with Crippen LogP contribution in [-0.2, 0) is 16.6 Å². The average Bonchev–Trinajstić information content (AvgIpc) is 2.45. The smallest absolute Gasteiger partial charge is 0.241 e. The van der Waals surface area contributed by atoms with Gasteiger partial charge in [-0.1, -0.05) is 35.9 Å². The monoisotopic (exact) mass is 305 g/mol. The minimum absolute atomic E-state index is 0.196. The van der Waals surface area contributed by atoms with Crippen molar-refractivity contribution in [1.29, 1.82) is 0 Å². The molecule has 5 heteroatoms. The molecule has 0 amide bonds. The van der Waals surface area contributed by atoms with E-state index in [0.29, 0.717) is 10.6 Å². The Hall–Kier alpha value is -1.85. The Balaban J connectivity index is 2.24. The number of nitrogens with one attached hydrogen (secondary N) is 1. The van der Waals surface area contributed by atoms with Gasteiger partial charge in [0.15, 0.2) is 0 Å². The van der Waals surface area contributed by atoms with Gasteiger partial charge in [0.1, 0.15) is 5.75 Å². The van der Waals surface area contributed by atoms with Crippen molar-refractivity contribution >= 4 is 10.0 Å². The molecule has 0 saturated heterocycles. The number of hydrogen-bond acceptors (Lipinski definition) is 3. The molecular weight excluding hydrogens is 286 g/mol. The van der Waals surface area contributed by atoms with Gasteiger partial charge in [0.2, 0.25) is 10.0 Å². The minimum atomic E-state index is -3.53. The van der Waals surface area contributed by atoms with Crippen molar-refractivity contribution in [3.63, 3.8) is 0 Å². The molecule has 112 valence electrons. The van der Waals surface area contributed by atoms with Crippen LogP contribution in [0.1, 0.15) is 16.7 Å². The first-order valence-electron chi connectivity index (χ1n) is 6.63. The van der Waals surface area contributed by atoms with Gasteiger partial charge >= 0.3 is 0 Å². The van der Waals surface area contributed by atoms with Crippen molar-refractivity contribution in [2.75, 3.05) is 7.11 Å². The van der Waals surface area contributed by atoms with Crippen molar-refractivity contribution in [1.82, 2.24) is 4.72 Å². The van der Waals surface area contributed by atoms with Gasteiger partial charge in [-0.3, -0.25) is 0 Å². The Bertz CT molecular complexity index is 739. The van der Waals surface area contributed by atoms with E-state index in [1.54, 1.807) is 32.2 Å². The van der Waals surface area contributed by atoms with Crippen LogP contribution in [0, 0.1) is 13.8 Å². The van der Waals surface area contributed by atoms with E-state index < -0.39 is 10.0 Å². The van der Waals surface area contributed by atoms with Crippen LogP contribution in [-0.4, -0.2) is 15.5 Å². The first-order chi connectivity index (χ1) is 9.94. The fourth-order valence-corrected chi connectivity index (χ4v) is 3.40. The highest BCUT2D eigenvalue weighted by Crippen LogP contribution is 2.21. The molecule has 0 radical (unpaired) electrons. The zero-order valence-corrected chi connectivity index (χ0v) is 13.2. The van der Waals surface area contributed by atoms with E-state index in [2.05, 4.69) is 4.72 Å². The SMILES string of the molecule is COc1ccc(C)cc1CNS(=O)(=O)c1ccccc1C. The Labute approximate surface area is 125 Å². The van der Waals surface area contributed by atoms with Gasteiger partial charge in [-0.25, -0.2) is 13.1 Å². The summed E-state index contributed by atoms with van der Waals surface area (Å²) < 4.78 is 32.6. The normalized spacial score (nSPS) is 11.4. The molecule has 0 saturated carbocycles. The first-order valence-corrected chi connectivity index (χ1v) is 8.11. The van der Waals surface area contributed by atoms with Crippen LogP contribution in [0.3, 0.4) is 0 Å². The maximum Gasteiger partial charge on any atom is 0.241 e. The minimum Gasteiger partial charge on any atom is -0.496 e. The molecule has 2 aromatic carbocycles. The van der Waals surface area contributed by atoms with Crippen LogP contribution in [0.5, 0.6) is 5.75 Å². The fraction of sp³-hybridized carbons (Fsp3) is 0.250. The lowest BCUT2D eigenvalue weighted by molar-refractivity contribution is 0.409. The second-order valence-corrected chi connectivity index (χ2v) is 6.64. The zero-order chi connectivity index (χ0) is 15.5. The van der Waals surface area contributed by atoms with E-state index in [4.69, 9.17) is 4.74 Å². The molecule has 1 N–H and O–H groups in total. The lowest BCUT2D eigenvalue weighted by atomic mass is 10.1. The van der Waals surface area contributed by atoms with Crippen molar-refractivity contribution in [2.45, 2.75) is 25.3 Å². The largest absolute Gasteiger partial charge is 0.496 e. The zero-order valence-electron chi connectivity index (χ0n) is 12.4. The average molecular weight is 305 g/mol. The summed E-state index contributed by atoms with van der Waals surface area (Å²) in [4.78, 5) is 0.302. The van der Waals surface area contributed by atoms with Crippen LogP contribution in [0.2, 0.25) is 0 Å². The Morgan fingerprint density at radius 2 is 1.81 bits per heavy atom. The molecule has 0 heterocycles. The van der Waals surface area contributed by atoms with Gasteiger partial charge in [-0.2, -0.15) is 0 Å². The van der Waals surface area contributed by atoms with Gasteiger partial charge in [-0.05, 0) is 31.5 Å². The fourth-order valence-electron chi connectivity index (χ4n) is 2.15. The molecule has 0 atom stereocenters. The van der Waals surface area contributed by atoms with E-state index in [1.165, 1.54) is 0 Å². The van der Waals surface area contributed by atoms with Gasteiger partial charge < -0.3 is 4.74 Å². The molecule has 0 aliphatic rings. The number of ether oxygens (including phenoxy) is 1. The van der Waals surface area contributed by atoms with Crippen molar-refractivity contribution in [2.24, 2.45) is 0 Å². The quantitative estimate of drug-likeness (QED) is 0.924. The van der Waals surface area contributed by atoms with Crippen LogP contribution in [0.4, 0.5) is 0 Å². The number of benzene rings is 2. The van der Waals surface area contributed by atoms with E-state index in [0.717, 1.165) is 16.7 Å². The third-order valence-electron chi connectivity index (χ3n) is 3.27. The summed E-state index contributed by atoms with van der Waals surface area (Å²) in [6.45, 7) is 3.93. The molecular formula is C16H19NO3S. The Morgan fingerprint density at radius 3 is 2.48 bits per heavy atom.